The predicted molar refractivity (Wildman–Crippen MR) is 94.0 cm³/mol. The topological polar surface area (TPSA) is 66.9 Å². The van der Waals surface area contributed by atoms with Crippen LogP contribution in [0.5, 0.6) is 0 Å². The summed E-state index contributed by atoms with van der Waals surface area (Å²) >= 11 is 5.17. The molecule has 1 heterocycles. The Kier molecular flexibility index (Phi) is 4.41. The zero-order valence-corrected chi connectivity index (χ0v) is 14.2. The number of hydrogen-bond donors (Lipinski definition) is 2. The molecule has 1 aromatic heterocycles. The van der Waals surface area contributed by atoms with E-state index in [1.54, 1.807) is 12.1 Å². The number of fused-ring (bicyclic) bond motifs is 1. The fourth-order valence-corrected chi connectivity index (χ4v) is 2.83. The molecule has 0 saturated carbocycles. The van der Waals surface area contributed by atoms with E-state index in [1.165, 1.54) is 25.1 Å². The van der Waals surface area contributed by atoms with E-state index in [4.69, 9.17) is 12.2 Å². The van der Waals surface area contributed by atoms with E-state index in [1.807, 2.05) is 0 Å². The average molecular weight is 379 g/mol. The number of anilines is 1. The van der Waals surface area contributed by atoms with Crippen LogP contribution in [0.1, 0.15) is 12.5 Å². The fourth-order valence-electron chi connectivity index (χ4n) is 2.53. The number of halogens is 3. The van der Waals surface area contributed by atoms with Gasteiger partial charge in [0, 0.05) is 12.6 Å². The molecule has 0 unspecified atom stereocenters. The molecule has 3 aromatic rings. The number of aromatic nitrogens is 2. The smallest absolute Gasteiger partial charge is 0.331 e. The van der Waals surface area contributed by atoms with Crippen molar-refractivity contribution in [1.82, 2.24) is 9.55 Å². The quantitative estimate of drug-likeness (QED) is 0.661. The van der Waals surface area contributed by atoms with Gasteiger partial charge in [0.2, 0.25) is 5.91 Å². The third-order valence-corrected chi connectivity index (χ3v) is 3.96. The maximum Gasteiger partial charge on any atom is 0.416 e. The average Bonchev–Trinajstić information content (AvgIpc) is 2.55. The van der Waals surface area contributed by atoms with Crippen LogP contribution < -0.4 is 10.9 Å². The molecule has 9 heteroatoms. The number of nitrogens with one attached hydrogen (secondary N) is 2. The van der Waals surface area contributed by atoms with Gasteiger partial charge in [-0.15, -0.1) is 0 Å². The Morgan fingerprint density at radius 3 is 2.38 bits per heavy atom. The number of amides is 1. The van der Waals surface area contributed by atoms with Crippen molar-refractivity contribution in [2.24, 2.45) is 0 Å². The summed E-state index contributed by atoms with van der Waals surface area (Å²) in [7, 11) is 0. The molecule has 0 atom stereocenters. The van der Waals surface area contributed by atoms with E-state index in [9.17, 15) is 22.8 Å². The van der Waals surface area contributed by atoms with Crippen LogP contribution in [0.3, 0.4) is 0 Å². The fraction of sp³-hybridized carbons (Fsp3) is 0.118. The number of benzene rings is 2. The van der Waals surface area contributed by atoms with Gasteiger partial charge in [0.15, 0.2) is 4.77 Å². The van der Waals surface area contributed by atoms with Gasteiger partial charge in [-0.25, -0.2) is 0 Å². The molecule has 134 valence electrons. The zero-order chi connectivity index (χ0) is 19.1. The summed E-state index contributed by atoms with van der Waals surface area (Å²) in [6, 6.07) is 8.80. The third-order valence-electron chi connectivity index (χ3n) is 3.67. The first kappa shape index (κ1) is 17.9. The zero-order valence-electron chi connectivity index (χ0n) is 13.3. The number of alkyl halides is 3. The Morgan fingerprint density at radius 2 is 1.81 bits per heavy atom. The molecule has 2 aromatic carbocycles. The summed E-state index contributed by atoms with van der Waals surface area (Å²) in [4.78, 5) is 26.9. The van der Waals surface area contributed by atoms with Crippen molar-refractivity contribution < 1.29 is 18.0 Å². The molecule has 0 spiro atoms. The van der Waals surface area contributed by atoms with E-state index in [0.717, 1.165) is 16.7 Å². The molecule has 0 aliphatic rings. The minimum atomic E-state index is -4.47. The number of H-pyrrole nitrogens is 1. The molecule has 26 heavy (non-hydrogen) atoms. The number of aromatic amines is 1. The number of carbonyl (C=O) groups excluding carboxylic acids is 1. The summed E-state index contributed by atoms with van der Waals surface area (Å²) in [5.74, 6) is -0.295. The van der Waals surface area contributed by atoms with Crippen molar-refractivity contribution in [2.45, 2.75) is 13.1 Å². The lowest BCUT2D eigenvalue weighted by Crippen LogP contribution is -2.21. The molecular weight excluding hydrogens is 367 g/mol. The maximum absolute atomic E-state index is 12.8. The Labute approximate surface area is 150 Å². The van der Waals surface area contributed by atoms with E-state index < -0.39 is 17.3 Å². The van der Waals surface area contributed by atoms with Crippen molar-refractivity contribution in [1.29, 1.82) is 0 Å². The highest BCUT2D eigenvalue weighted by atomic mass is 32.1. The molecular formula is C17H12F3N3O2S. The number of nitrogens with zero attached hydrogens (tertiary/aromatic N) is 1. The van der Waals surface area contributed by atoms with Crippen LogP contribution in [0.15, 0.2) is 47.3 Å². The molecule has 0 saturated heterocycles. The summed E-state index contributed by atoms with van der Waals surface area (Å²) in [5.41, 5.74) is -0.242. The monoisotopic (exact) mass is 379 g/mol. The first-order valence-corrected chi connectivity index (χ1v) is 7.82. The van der Waals surface area contributed by atoms with Crippen molar-refractivity contribution >= 4 is 34.7 Å². The van der Waals surface area contributed by atoms with E-state index >= 15 is 0 Å². The maximum atomic E-state index is 12.8. The van der Waals surface area contributed by atoms with Crippen LogP contribution >= 0.6 is 12.2 Å². The Balaban J connectivity index is 2.18. The van der Waals surface area contributed by atoms with E-state index in [2.05, 4.69) is 10.3 Å². The normalized spacial score (nSPS) is 11.5. The molecule has 2 N–H and O–H groups in total. The Hall–Kier alpha value is -2.94. The van der Waals surface area contributed by atoms with Crippen molar-refractivity contribution in [3.8, 4) is 5.69 Å². The van der Waals surface area contributed by atoms with Crippen LogP contribution in [-0.4, -0.2) is 15.5 Å². The van der Waals surface area contributed by atoms with Gasteiger partial charge in [-0.1, -0.05) is 0 Å². The molecule has 3 rings (SSSR count). The highest BCUT2D eigenvalue weighted by Crippen LogP contribution is 2.29. The number of hydrogen-bond acceptors (Lipinski definition) is 3. The second-order valence-corrected chi connectivity index (χ2v) is 5.94. The summed E-state index contributed by atoms with van der Waals surface area (Å²) < 4.78 is 39.3. The highest BCUT2D eigenvalue weighted by Gasteiger charge is 2.30. The minimum absolute atomic E-state index is 0.0505. The lowest BCUT2D eigenvalue weighted by Gasteiger charge is -2.11. The molecule has 0 fully saturated rings. The van der Waals surface area contributed by atoms with E-state index in [-0.39, 0.29) is 21.8 Å². The summed E-state index contributed by atoms with van der Waals surface area (Å²) in [6.45, 7) is 1.34. The number of rotatable bonds is 2. The van der Waals surface area contributed by atoms with Gasteiger partial charge in [-0.05, 0) is 54.7 Å². The van der Waals surface area contributed by atoms with Gasteiger partial charge in [0.05, 0.1) is 22.2 Å². The van der Waals surface area contributed by atoms with Crippen molar-refractivity contribution in [2.75, 3.05) is 5.32 Å². The Bertz CT molecular complexity index is 1120. The standard InChI is InChI=1S/C17H12F3N3O2S/c1-9(24)21-11-4-7-14-13(8-11)15(25)23(16(26)22-14)12-5-2-10(3-6-12)17(18,19)20/h2-8H,1H3,(H,21,24)(H,22,26). The van der Waals surface area contributed by atoms with Gasteiger partial charge in [-0.2, -0.15) is 13.2 Å². The predicted octanol–water partition coefficient (Wildman–Crippen LogP) is 4.03. The second-order valence-electron chi connectivity index (χ2n) is 5.56. The summed E-state index contributed by atoms with van der Waals surface area (Å²) in [6.07, 6.45) is -4.47. The van der Waals surface area contributed by atoms with Gasteiger partial charge in [0.1, 0.15) is 0 Å². The van der Waals surface area contributed by atoms with Crippen LogP contribution in [0.25, 0.3) is 16.6 Å². The van der Waals surface area contributed by atoms with Crippen LogP contribution in [0, 0.1) is 4.77 Å². The van der Waals surface area contributed by atoms with Gasteiger partial charge in [0.25, 0.3) is 5.56 Å². The van der Waals surface area contributed by atoms with Gasteiger partial charge >= 0.3 is 6.18 Å². The number of carbonyl (C=O) groups is 1. The van der Waals surface area contributed by atoms with Gasteiger partial charge in [-0.3, -0.25) is 14.2 Å². The third kappa shape index (κ3) is 3.38. The molecule has 0 bridgehead atoms. The lowest BCUT2D eigenvalue weighted by atomic mass is 10.2. The largest absolute Gasteiger partial charge is 0.416 e. The first-order chi connectivity index (χ1) is 12.2. The van der Waals surface area contributed by atoms with Crippen molar-refractivity contribution in [3.63, 3.8) is 0 Å². The Morgan fingerprint density at radius 1 is 1.15 bits per heavy atom. The van der Waals surface area contributed by atoms with Crippen molar-refractivity contribution in [3.05, 3.63) is 63.2 Å². The molecule has 0 radical (unpaired) electrons. The second kappa shape index (κ2) is 6.41. The molecule has 5 nitrogen and oxygen atoms in total. The SMILES string of the molecule is CC(=O)Nc1ccc2[nH]c(=S)n(-c3ccc(C(F)(F)F)cc3)c(=O)c2c1. The molecule has 1 amide bonds. The molecule has 0 aliphatic carbocycles. The van der Waals surface area contributed by atoms with Crippen LogP contribution in [-0.2, 0) is 11.0 Å². The highest BCUT2D eigenvalue weighted by molar-refractivity contribution is 7.71. The first-order valence-electron chi connectivity index (χ1n) is 7.41. The van der Waals surface area contributed by atoms with E-state index in [0.29, 0.717) is 11.2 Å². The summed E-state index contributed by atoms with van der Waals surface area (Å²) in [5, 5.41) is 2.81. The van der Waals surface area contributed by atoms with Crippen LogP contribution in [0.2, 0.25) is 0 Å². The van der Waals surface area contributed by atoms with Crippen LogP contribution in [0.4, 0.5) is 18.9 Å². The molecule has 0 aliphatic heterocycles. The minimum Gasteiger partial charge on any atom is -0.331 e. The lowest BCUT2D eigenvalue weighted by molar-refractivity contribution is -0.137. The van der Waals surface area contributed by atoms with Gasteiger partial charge < -0.3 is 10.3 Å².